The first-order valence-electron chi connectivity index (χ1n) is 5.58. The van der Waals surface area contributed by atoms with Crippen LogP contribution in [0.2, 0.25) is 0 Å². The fraction of sp³-hybridized carbons (Fsp3) is 0.727. The van der Waals surface area contributed by atoms with E-state index in [0.717, 1.165) is 32.6 Å². The van der Waals surface area contributed by atoms with Crippen molar-refractivity contribution in [2.45, 2.75) is 26.4 Å². The van der Waals surface area contributed by atoms with Gasteiger partial charge in [-0.05, 0) is 20.5 Å². The number of rotatable bonds is 7. The van der Waals surface area contributed by atoms with Crippen LogP contribution in [0.3, 0.4) is 0 Å². The van der Waals surface area contributed by atoms with Crippen molar-refractivity contribution in [3.05, 3.63) is 18.2 Å². The van der Waals surface area contributed by atoms with Crippen LogP contribution < -0.4 is 5.32 Å². The summed E-state index contributed by atoms with van der Waals surface area (Å²) in [7, 11) is 4.17. The summed E-state index contributed by atoms with van der Waals surface area (Å²) in [6.45, 7) is 6.24. The van der Waals surface area contributed by atoms with Crippen LogP contribution in [0.25, 0.3) is 0 Å². The molecule has 0 aromatic carbocycles. The lowest BCUT2D eigenvalue weighted by Gasteiger charge is -2.11. The molecule has 86 valence electrons. The molecule has 0 radical (unpaired) electrons. The van der Waals surface area contributed by atoms with Crippen molar-refractivity contribution in [2.75, 3.05) is 27.2 Å². The van der Waals surface area contributed by atoms with Gasteiger partial charge in [0.25, 0.3) is 0 Å². The lowest BCUT2D eigenvalue weighted by Crippen LogP contribution is -2.26. The molecule has 15 heavy (non-hydrogen) atoms. The third-order valence-corrected chi connectivity index (χ3v) is 2.30. The Labute approximate surface area is 92.3 Å². The lowest BCUT2D eigenvalue weighted by atomic mass is 10.4. The zero-order valence-corrected chi connectivity index (χ0v) is 10.0. The summed E-state index contributed by atoms with van der Waals surface area (Å²) < 4.78 is 2.21. The highest BCUT2D eigenvalue weighted by Crippen LogP contribution is 1.99. The Morgan fingerprint density at radius 3 is 2.93 bits per heavy atom. The quantitative estimate of drug-likeness (QED) is 0.680. The van der Waals surface area contributed by atoms with E-state index in [-0.39, 0.29) is 0 Å². The average Bonchev–Trinajstić information content (AvgIpc) is 2.61. The van der Waals surface area contributed by atoms with E-state index in [0.29, 0.717) is 0 Å². The van der Waals surface area contributed by atoms with Crippen molar-refractivity contribution < 1.29 is 0 Å². The number of hydrogen-bond acceptors (Lipinski definition) is 3. The summed E-state index contributed by atoms with van der Waals surface area (Å²) in [6, 6.07) is 0. The molecule has 0 aliphatic rings. The Hall–Kier alpha value is -0.870. The molecule has 0 atom stereocenters. The van der Waals surface area contributed by atoms with Crippen molar-refractivity contribution in [3.63, 3.8) is 0 Å². The second-order valence-electron chi connectivity index (χ2n) is 4.06. The third kappa shape index (κ3) is 4.44. The SMILES string of the molecule is CCCn1cncc1CNCCN(C)C. The normalized spacial score (nSPS) is 11.2. The maximum Gasteiger partial charge on any atom is 0.0948 e. The largest absolute Gasteiger partial charge is 0.333 e. The van der Waals surface area contributed by atoms with Crippen molar-refractivity contribution in [3.8, 4) is 0 Å². The van der Waals surface area contributed by atoms with Gasteiger partial charge in [-0.3, -0.25) is 0 Å². The molecule has 4 heteroatoms. The smallest absolute Gasteiger partial charge is 0.0948 e. The van der Waals surface area contributed by atoms with E-state index < -0.39 is 0 Å². The fourth-order valence-electron chi connectivity index (χ4n) is 1.46. The molecule has 1 aromatic rings. The van der Waals surface area contributed by atoms with E-state index >= 15 is 0 Å². The predicted molar refractivity (Wildman–Crippen MR) is 62.8 cm³/mol. The van der Waals surface area contributed by atoms with Crippen molar-refractivity contribution in [1.29, 1.82) is 0 Å². The van der Waals surface area contributed by atoms with Crippen LogP contribution in [0, 0.1) is 0 Å². The van der Waals surface area contributed by atoms with E-state index in [9.17, 15) is 0 Å². The summed E-state index contributed by atoms with van der Waals surface area (Å²) in [5, 5.41) is 3.42. The van der Waals surface area contributed by atoms with Crippen LogP contribution in [-0.2, 0) is 13.1 Å². The Balaban J connectivity index is 2.27. The summed E-state index contributed by atoms with van der Waals surface area (Å²) in [6.07, 6.45) is 5.01. The molecule has 0 bridgehead atoms. The van der Waals surface area contributed by atoms with Gasteiger partial charge in [-0.25, -0.2) is 4.98 Å². The second-order valence-corrected chi connectivity index (χ2v) is 4.06. The number of hydrogen-bond donors (Lipinski definition) is 1. The Morgan fingerprint density at radius 1 is 1.47 bits per heavy atom. The van der Waals surface area contributed by atoms with E-state index in [1.54, 1.807) is 0 Å². The highest BCUT2D eigenvalue weighted by atomic mass is 15.1. The van der Waals surface area contributed by atoms with Crippen LogP contribution in [0.1, 0.15) is 19.0 Å². The number of imidazole rings is 1. The number of likely N-dealkylation sites (N-methyl/N-ethyl adjacent to an activating group) is 1. The minimum Gasteiger partial charge on any atom is -0.333 e. The predicted octanol–water partition coefficient (Wildman–Crippen LogP) is 0.944. The molecule has 0 aliphatic heterocycles. The molecule has 0 aliphatic carbocycles. The van der Waals surface area contributed by atoms with Crippen LogP contribution in [0.4, 0.5) is 0 Å². The summed E-state index contributed by atoms with van der Waals surface area (Å²) in [4.78, 5) is 6.34. The van der Waals surface area contributed by atoms with Crippen LogP contribution in [0.15, 0.2) is 12.5 Å². The van der Waals surface area contributed by atoms with E-state index in [1.807, 2.05) is 12.5 Å². The maximum atomic E-state index is 4.17. The lowest BCUT2D eigenvalue weighted by molar-refractivity contribution is 0.398. The van der Waals surface area contributed by atoms with E-state index in [1.165, 1.54) is 5.69 Å². The molecule has 0 unspecified atom stereocenters. The number of aryl methyl sites for hydroxylation is 1. The first-order chi connectivity index (χ1) is 7.24. The molecule has 1 N–H and O–H groups in total. The Morgan fingerprint density at radius 2 is 2.27 bits per heavy atom. The van der Waals surface area contributed by atoms with Crippen molar-refractivity contribution in [1.82, 2.24) is 19.8 Å². The molecule has 0 saturated heterocycles. The molecule has 1 aromatic heterocycles. The van der Waals surface area contributed by atoms with Gasteiger partial charge >= 0.3 is 0 Å². The monoisotopic (exact) mass is 210 g/mol. The van der Waals surface area contributed by atoms with Gasteiger partial charge in [0.05, 0.1) is 12.0 Å². The van der Waals surface area contributed by atoms with Crippen LogP contribution in [-0.4, -0.2) is 41.6 Å². The highest BCUT2D eigenvalue weighted by Gasteiger charge is 2.00. The molecule has 4 nitrogen and oxygen atoms in total. The first kappa shape index (κ1) is 12.2. The first-order valence-corrected chi connectivity index (χ1v) is 5.58. The Kier molecular flexibility index (Phi) is 5.36. The zero-order valence-electron chi connectivity index (χ0n) is 10.0. The van der Waals surface area contributed by atoms with Crippen LogP contribution >= 0.6 is 0 Å². The molecule has 0 amide bonds. The van der Waals surface area contributed by atoms with Gasteiger partial charge in [0.1, 0.15) is 0 Å². The number of nitrogens with one attached hydrogen (secondary N) is 1. The minimum absolute atomic E-state index is 0.911. The molecule has 1 rings (SSSR count). The van der Waals surface area contributed by atoms with Crippen molar-refractivity contribution >= 4 is 0 Å². The number of aromatic nitrogens is 2. The summed E-state index contributed by atoms with van der Waals surface area (Å²) in [5.41, 5.74) is 1.27. The molecular weight excluding hydrogens is 188 g/mol. The van der Waals surface area contributed by atoms with Gasteiger partial charge in [0.2, 0.25) is 0 Å². The third-order valence-electron chi connectivity index (χ3n) is 2.30. The second kappa shape index (κ2) is 6.58. The van der Waals surface area contributed by atoms with Gasteiger partial charge in [0.15, 0.2) is 0 Å². The maximum absolute atomic E-state index is 4.17. The van der Waals surface area contributed by atoms with E-state index in [2.05, 4.69) is 40.8 Å². The summed E-state index contributed by atoms with van der Waals surface area (Å²) in [5.74, 6) is 0. The Bertz CT molecular complexity index is 267. The van der Waals surface area contributed by atoms with Gasteiger partial charge in [-0.15, -0.1) is 0 Å². The zero-order chi connectivity index (χ0) is 11.1. The van der Waals surface area contributed by atoms with Gasteiger partial charge in [-0.2, -0.15) is 0 Å². The average molecular weight is 210 g/mol. The van der Waals surface area contributed by atoms with Gasteiger partial charge in [-0.1, -0.05) is 6.92 Å². The van der Waals surface area contributed by atoms with Crippen molar-refractivity contribution in [2.24, 2.45) is 0 Å². The van der Waals surface area contributed by atoms with Crippen LogP contribution in [0.5, 0.6) is 0 Å². The van der Waals surface area contributed by atoms with Gasteiger partial charge in [0, 0.05) is 32.4 Å². The molecule has 0 fully saturated rings. The number of nitrogens with zero attached hydrogens (tertiary/aromatic N) is 3. The highest BCUT2D eigenvalue weighted by molar-refractivity contribution is 4.97. The van der Waals surface area contributed by atoms with Gasteiger partial charge < -0.3 is 14.8 Å². The molecular formula is C11H22N4. The molecule has 0 spiro atoms. The molecule has 0 saturated carbocycles. The van der Waals surface area contributed by atoms with E-state index in [4.69, 9.17) is 0 Å². The molecule has 1 heterocycles. The topological polar surface area (TPSA) is 33.1 Å². The standard InChI is InChI=1S/C11H22N4/c1-4-6-15-10-13-9-11(15)8-12-5-7-14(2)3/h9-10,12H,4-8H2,1-3H3. The minimum atomic E-state index is 0.911. The summed E-state index contributed by atoms with van der Waals surface area (Å²) >= 11 is 0. The fourth-order valence-corrected chi connectivity index (χ4v) is 1.46.